The number of amides is 4. The number of carboxylic acids is 1. The summed E-state index contributed by atoms with van der Waals surface area (Å²) < 4.78 is 0. The summed E-state index contributed by atoms with van der Waals surface area (Å²) in [7, 11) is 0. The van der Waals surface area contributed by atoms with Crippen LogP contribution < -0.4 is 38.9 Å². The van der Waals surface area contributed by atoms with Crippen LogP contribution in [0.3, 0.4) is 0 Å². The van der Waals surface area contributed by atoms with Gasteiger partial charge in [-0.1, -0.05) is 30.3 Å². The van der Waals surface area contributed by atoms with Crippen LogP contribution in [0.5, 0.6) is 0 Å². The molecule has 3 unspecified atom stereocenters. The third-order valence-corrected chi connectivity index (χ3v) is 4.99. The molecule has 0 bridgehead atoms. The van der Waals surface area contributed by atoms with E-state index in [4.69, 9.17) is 22.9 Å². The molecule has 1 aromatic carbocycles. The maximum Gasteiger partial charge on any atom is 0.326 e. The summed E-state index contributed by atoms with van der Waals surface area (Å²) >= 11 is 0. The Bertz CT molecular complexity index is 936. The Morgan fingerprint density at radius 1 is 0.861 bits per heavy atom. The van der Waals surface area contributed by atoms with Gasteiger partial charge in [0.1, 0.15) is 18.1 Å². The number of nitrogens with two attached hydrogens (primary N) is 4. The monoisotopic (exact) mass is 506 g/mol. The van der Waals surface area contributed by atoms with E-state index in [1.165, 1.54) is 0 Å². The lowest BCUT2D eigenvalue weighted by Crippen LogP contribution is -2.56. The third kappa shape index (κ3) is 11.8. The van der Waals surface area contributed by atoms with Crippen LogP contribution in [0.15, 0.2) is 35.3 Å². The molecule has 0 aliphatic heterocycles. The van der Waals surface area contributed by atoms with Gasteiger partial charge in [0, 0.05) is 19.4 Å². The Morgan fingerprint density at radius 3 is 1.97 bits per heavy atom. The van der Waals surface area contributed by atoms with Crippen LogP contribution in [-0.2, 0) is 30.4 Å². The molecule has 0 radical (unpaired) electrons. The summed E-state index contributed by atoms with van der Waals surface area (Å²) in [5.41, 5.74) is 21.7. The van der Waals surface area contributed by atoms with Crippen molar-refractivity contribution in [2.24, 2.45) is 27.9 Å². The van der Waals surface area contributed by atoms with E-state index in [1.54, 1.807) is 30.3 Å². The highest BCUT2D eigenvalue weighted by Crippen LogP contribution is 2.07. The largest absolute Gasteiger partial charge is 0.480 e. The number of rotatable bonds is 16. The van der Waals surface area contributed by atoms with Gasteiger partial charge < -0.3 is 44.0 Å². The first-order valence-electron chi connectivity index (χ1n) is 11.2. The highest BCUT2D eigenvalue weighted by atomic mass is 16.4. The molecule has 3 atom stereocenters. The van der Waals surface area contributed by atoms with Crippen molar-refractivity contribution >= 4 is 35.6 Å². The molecule has 12 N–H and O–H groups in total. The van der Waals surface area contributed by atoms with E-state index >= 15 is 0 Å². The first kappa shape index (κ1) is 29.8. The van der Waals surface area contributed by atoms with Crippen LogP contribution in [0.1, 0.15) is 31.2 Å². The van der Waals surface area contributed by atoms with E-state index in [0.29, 0.717) is 5.56 Å². The minimum atomic E-state index is -1.26. The molecule has 0 saturated carbocycles. The van der Waals surface area contributed by atoms with Crippen molar-refractivity contribution in [3.63, 3.8) is 0 Å². The zero-order valence-corrected chi connectivity index (χ0v) is 19.8. The maximum absolute atomic E-state index is 13.0. The highest BCUT2D eigenvalue weighted by molar-refractivity contribution is 5.93. The zero-order valence-electron chi connectivity index (χ0n) is 19.8. The summed E-state index contributed by atoms with van der Waals surface area (Å²) in [6.45, 7) is -0.244. The average Bonchev–Trinajstić information content (AvgIpc) is 2.82. The normalized spacial score (nSPS) is 12.9. The number of guanidine groups is 1. The molecule has 0 fully saturated rings. The third-order valence-electron chi connectivity index (χ3n) is 4.99. The summed E-state index contributed by atoms with van der Waals surface area (Å²) in [6.07, 6.45) is 0.0149. The predicted molar refractivity (Wildman–Crippen MR) is 131 cm³/mol. The Hall–Kier alpha value is -4.20. The van der Waals surface area contributed by atoms with E-state index in [9.17, 15) is 29.1 Å². The van der Waals surface area contributed by atoms with Gasteiger partial charge in [0.2, 0.25) is 23.6 Å². The Kier molecular flexibility index (Phi) is 13.0. The number of primary amides is 1. The molecule has 0 aromatic heterocycles. The number of nitrogens with zero attached hydrogens (tertiary/aromatic N) is 1. The highest BCUT2D eigenvalue weighted by Gasteiger charge is 2.29. The van der Waals surface area contributed by atoms with Crippen LogP contribution in [0.25, 0.3) is 0 Å². The van der Waals surface area contributed by atoms with E-state index in [2.05, 4.69) is 20.9 Å². The Morgan fingerprint density at radius 2 is 1.44 bits per heavy atom. The van der Waals surface area contributed by atoms with Crippen molar-refractivity contribution in [1.82, 2.24) is 16.0 Å². The second-order valence-electron chi connectivity index (χ2n) is 7.93. The van der Waals surface area contributed by atoms with E-state index in [-0.39, 0.29) is 44.6 Å². The lowest BCUT2D eigenvalue weighted by Gasteiger charge is -2.24. The fraction of sp³-hybridized carbons (Fsp3) is 0.455. The number of hydrogen-bond acceptors (Lipinski definition) is 7. The van der Waals surface area contributed by atoms with Crippen molar-refractivity contribution in [2.45, 2.75) is 50.2 Å². The molecular weight excluding hydrogens is 472 g/mol. The second-order valence-corrected chi connectivity index (χ2v) is 7.93. The van der Waals surface area contributed by atoms with Crippen molar-refractivity contribution in [1.29, 1.82) is 0 Å². The van der Waals surface area contributed by atoms with Gasteiger partial charge in [-0.05, 0) is 24.8 Å². The summed E-state index contributed by atoms with van der Waals surface area (Å²) in [6, 6.07) is 5.06. The van der Waals surface area contributed by atoms with E-state index in [1.807, 2.05) is 0 Å². The molecule has 4 amide bonds. The molecule has 0 heterocycles. The molecule has 0 saturated heterocycles. The van der Waals surface area contributed by atoms with Crippen LogP contribution in [0.4, 0.5) is 0 Å². The van der Waals surface area contributed by atoms with E-state index in [0.717, 1.165) is 0 Å². The second kappa shape index (κ2) is 15.7. The van der Waals surface area contributed by atoms with Crippen LogP contribution in [0, 0.1) is 0 Å². The molecule has 198 valence electrons. The zero-order chi connectivity index (χ0) is 27.1. The molecule has 1 aromatic rings. The smallest absolute Gasteiger partial charge is 0.326 e. The number of carboxylic acid groups (broad SMARTS) is 1. The standard InChI is InChI=1S/C22H34N8O6/c23-12-18(32)28-15(8-9-17(24)31)20(34)29-14(7-4-10-27-22(25)26)19(33)30-16(21(35)36)11-13-5-2-1-3-6-13/h1-3,5-6,14-16H,4,7-12,23H2,(H2,24,31)(H,28,32)(H,29,34)(H,30,33)(H,35,36)(H4,25,26,27). The molecule has 14 heteroatoms. The van der Waals surface area contributed by atoms with Gasteiger partial charge in [-0.3, -0.25) is 24.2 Å². The van der Waals surface area contributed by atoms with Gasteiger partial charge in [-0.25, -0.2) is 4.79 Å². The van der Waals surface area contributed by atoms with Gasteiger partial charge in [-0.15, -0.1) is 0 Å². The quantitative estimate of drug-likeness (QED) is 0.0646. The van der Waals surface area contributed by atoms with Gasteiger partial charge in [0.15, 0.2) is 5.96 Å². The van der Waals surface area contributed by atoms with Crippen molar-refractivity contribution in [3.05, 3.63) is 35.9 Å². The number of nitrogens with one attached hydrogen (secondary N) is 3. The number of benzene rings is 1. The summed E-state index contributed by atoms with van der Waals surface area (Å²) in [5, 5.41) is 16.9. The topological polar surface area (TPSA) is 258 Å². The van der Waals surface area contributed by atoms with Crippen LogP contribution in [-0.4, -0.2) is 71.9 Å². The number of carbonyl (C=O) groups is 5. The van der Waals surface area contributed by atoms with Crippen LogP contribution >= 0.6 is 0 Å². The Labute approximate surface area is 208 Å². The minimum Gasteiger partial charge on any atom is -0.480 e. The molecule has 0 aliphatic carbocycles. The van der Waals surface area contributed by atoms with Gasteiger partial charge in [0.25, 0.3) is 0 Å². The lowest BCUT2D eigenvalue weighted by atomic mass is 10.0. The fourth-order valence-electron chi connectivity index (χ4n) is 3.18. The number of carbonyl (C=O) groups excluding carboxylic acids is 4. The van der Waals surface area contributed by atoms with Gasteiger partial charge >= 0.3 is 5.97 Å². The number of aliphatic carboxylic acids is 1. The maximum atomic E-state index is 13.0. The molecule has 14 nitrogen and oxygen atoms in total. The first-order valence-corrected chi connectivity index (χ1v) is 11.2. The molecule has 0 spiro atoms. The fourth-order valence-corrected chi connectivity index (χ4v) is 3.18. The first-order chi connectivity index (χ1) is 17.0. The van der Waals surface area contributed by atoms with Crippen LogP contribution in [0.2, 0.25) is 0 Å². The average molecular weight is 507 g/mol. The van der Waals surface area contributed by atoms with Gasteiger partial charge in [0.05, 0.1) is 6.54 Å². The van der Waals surface area contributed by atoms with Crippen molar-refractivity contribution in [3.8, 4) is 0 Å². The van der Waals surface area contributed by atoms with Crippen molar-refractivity contribution in [2.75, 3.05) is 13.1 Å². The molecular formula is C22H34N8O6. The molecule has 1 rings (SSSR count). The summed E-state index contributed by atoms with van der Waals surface area (Å²) in [4.78, 5) is 64.4. The molecule has 36 heavy (non-hydrogen) atoms. The lowest BCUT2D eigenvalue weighted by molar-refractivity contribution is -0.142. The number of hydrogen-bond donors (Lipinski definition) is 8. The van der Waals surface area contributed by atoms with Gasteiger partial charge in [-0.2, -0.15) is 0 Å². The SMILES string of the molecule is NCC(=O)NC(CCC(N)=O)C(=O)NC(CCCN=C(N)N)C(=O)NC(Cc1ccccc1)C(=O)O. The molecule has 0 aliphatic rings. The minimum absolute atomic E-state index is 0.0182. The predicted octanol–water partition coefficient (Wildman–Crippen LogP) is -2.95. The summed E-state index contributed by atoms with van der Waals surface area (Å²) in [5.74, 6) is -4.27. The van der Waals surface area contributed by atoms with E-state index < -0.39 is 54.3 Å². The van der Waals surface area contributed by atoms with Crippen molar-refractivity contribution < 1.29 is 29.1 Å². The Balaban J connectivity index is 3.02. The number of aliphatic imine (C=N–C) groups is 1.